The van der Waals surface area contributed by atoms with Gasteiger partial charge in [0.1, 0.15) is 6.04 Å². The van der Waals surface area contributed by atoms with Gasteiger partial charge in [0.25, 0.3) is 5.91 Å². The number of aromatic amines is 1. The van der Waals surface area contributed by atoms with Gasteiger partial charge in [-0.3, -0.25) is 14.9 Å². The number of aromatic nitrogens is 2. The van der Waals surface area contributed by atoms with E-state index in [4.69, 9.17) is 0 Å². The van der Waals surface area contributed by atoms with Crippen molar-refractivity contribution >= 4 is 40.1 Å². The number of carbonyl (C=O) groups excluding carboxylic acids is 2. The van der Waals surface area contributed by atoms with Crippen LogP contribution in [-0.4, -0.2) is 39.3 Å². The fourth-order valence-electron chi connectivity index (χ4n) is 3.04. The second-order valence-corrected chi connectivity index (χ2v) is 6.67. The van der Waals surface area contributed by atoms with Crippen LogP contribution in [0.25, 0.3) is 11.0 Å². The molecule has 24 heavy (non-hydrogen) atoms. The highest BCUT2D eigenvalue weighted by Crippen LogP contribution is 2.23. The number of imidazole rings is 1. The lowest BCUT2D eigenvalue weighted by molar-refractivity contribution is -0.119. The number of nitrogens with zero attached hydrogens (tertiary/aromatic N) is 2. The molecule has 2 aromatic heterocycles. The molecule has 0 bridgehead atoms. The van der Waals surface area contributed by atoms with Crippen LogP contribution >= 0.6 is 11.3 Å². The third-order valence-electron chi connectivity index (χ3n) is 4.18. The van der Waals surface area contributed by atoms with Crippen molar-refractivity contribution < 1.29 is 9.59 Å². The van der Waals surface area contributed by atoms with Crippen molar-refractivity contribution in [3.05, 3.63) is 46.7 Å². The number of hydrogen-bond donors (Lipinski definition) is 2. The Labute approximate surface area is 142 Å². The lowest BCUT2D eigenvalue weighted by Crippen LogP contribution is -2.43. The molecule has 1 saturated heterocycles. The van der Waals surface area contributed by atoms with E-state index < -0.39 is 6.04 Å². The van der Waals surface area contributed by atoms with Crippen LogP contribution in [0.15, 0.2) is 41.8 Å². The molecule has 2 N–H and O–H groups in total. The summed E-state index contributed by atoms with van der Waals surface area (Å²) in [4.78, 5) is 34.9. The Balaban J connectivity index is 1.51. The number of carbonyl (C=O) groups is 2. The summed E-state index contributed by atoms with van der Waals surface area (Å²) in [6, 6.07) is 10.8. The Hall–Kier alpha value is -2.67. The number of thiophene rings is 1. The van der Waals surface area contributed by atoms with E-state index in [2.05, 4.69) is 15.3 Å². The van der Waals surface area contributed by atoms with Gasteiger partial charge in [-0.2, -0.15) is 0 Å². The van der Waals surface area contributed by atoms with Crippen molar-refractivity contribution in [1.82, 2.24) is 14.9 Å². The van der Waals surface area contributed by atoms with Gasteiger partial charge in [0.15, 0.2) is 0 Å². The van der Waals surface area contributed by atoms with E-state index in [1.54, 1.807) is 11.0 Å². The minimum atomic E-state index is -0.451. The molecule has 4 rings (SSSR count). The normalized spacial score (nSPS) is 17.3. The molecule has 7 heteroatoms. The van der Waals surface area contributed by atoms with Crippen LogP contribution in [0.4, 0.5) is 5.95 Å². The monoisotopic (exact) mass is 340 g/mol. The molecule has 3 heterocycles. The van der Waals surface area contributed by atoms with Crippen molar-refractivity contribution in [1.29, 1.82) is 0 Å². The fourth-order valence-corrected chi connectivity index (χ4v) is 3.72. The summed E-state index contributed by atoms with van der Waals surface area (Å²) in [7, 11) is 0. The van der Waals surface area contributed by atoms with Gasteiger partial charge in [-0.25, -0.2) is 4.98 Å². The number of amides is 2. The van der Waals surface area contributed by atoms with E-state index in [1.807, 2.05) is 35.7 Å². The van der Waals surface area contributed by atoms with Gasteiger partial charge < -0.3 is 9.88 Å². The maximum Gasteiger partial charge on any atom is 0.264 e. The summed E-state index contributed by atoms with van der Waals surface area (Å²) in [5.41, 5.74) is 1.66. The molecule has 1 unspecified atom stereocenters. The second kappa shape index (κ2) is 6.09. The van der Waals surface area contributed by atoms with E-state index in [1.165, 1.54) is 11.3 Å². The summed E-state index contributed by atoms with van der Waals surface area (Å²) < 4.78 is 0. The van der Waals surface area contributed by atoms with Crippen LogP contribution < -0.4 is 5.32 Å². The number of para-hydroxylation sites is 2. The Bertz CT molecular complexity index is 854. The molecule has 3 aromatic rings. The summed E-state index contributed by atoms with van der Waals surface area (Å²) >= 11 is 1.40. The fraction of sp³-hybridized carbons (Fsp3) is 0.235. The van der Waals surface area contributed by atoms with Gasteiger partial charge in [-0.15, -0.1) is 11.3 Å². The number of benzene rings is 1. The van der Waals surface area contributed by atoms with Gasteiger partial charge >= 0.3 is 0 Å². The Morgan fingerprint density at radius 3 is 2.92 bits per heavy atom. The predicted octanol–water partition coefficient (Wildman–Crippen LogP) is 2.87. The Kier molecular flexibility index (Phi) is 3.78. The van der Waals surface area contributed by atoms with Crippen molar-refractivity contribution in [3.8, 4) is 0 Å². The van der Waals surface area contributed by atoms with Crippen molar-refractivity contribution in [3.63, 3.8) is 0 Å². The topological polar surface area (TPSA) is 78.1 Å². The molecule has 0 aliphatic carbocycles. The van der Waals surface area contributed by atoms with E-state index in [9.17, 15) is 9.59 Å². The predicted molar refractivity (Wildman–Crippen MR) is 93.1 cm³/mol. The van der Waals surface area contributed by atoms with E-state index in [0.717, 1.165) is 17.5 Å². The minimum absolute atomic E-state index is 0.0766. The van der Waals surface area contributed by atoms with Crippen LogP contribution in [0.5, 0.6) is 0 Å². The van der Waals surface area contributed by atoms with Crippen molar-refractivity contribution in [2.24, 2.45) is 0 Å². The maximum absolute atomic E-state index is 12.6. The van der Waals surface area contributed by atoms with Gasteiger partial charge in [0.05, 0.1) is 15.9 Å². The van der Waals surface area contributed by atoms with Crippen LogP contribution in [0.2, 0.25) is 0 Å². The molecular weight excluding hydrogens is 324 g/mol. The van der Waals surface area contributed by atoms with E-state index in [-0.39, 0.29) is 11.8 Å². The van der Waals surface area contributed by atoms with Crippen molar-refractivity contribution in [2.75, 3.05) is 11.9 Å². The lowest BCUT2D eigenvalue weighted by atomic mass is 10.2. The van der Waals surface area contributed by atoms with Gasteiger partial charge in [0, 0.05) is 6.54 Å². The van der Waals surface area contributed by atoms with Gasteiger partial charge in [0.2, 0.25) is 11.9 Å². The molecule has 1 aromatic carbocycles. The van der Waals surface area contributed by atoms with Crippen LogP contribution in [-0.2, 0) is 4.79 Å². The zero-order valence-electron chi connectivity index (χ0n) is 12.9. The zero-order chi connectivity index (χ0) is 16.5. The molecule has 1 atom stereocenters. The van der Waals surface area contributed by atoms with E-state index in [0.29, 0.717) is 23.8 Å². The average Bonchev–Trinajstić information content (AvgIpc) is 3.32. The summed E-state index contributed by atoms with van der Waals surface area (Å²) in [6.07, 6.45) is 1.50. The molecule has 1 fully saturated rings. The number of fused-ring (bicyclic) bond motifs is 1. The van der Waals surface area contributed by atoms with Crippen molar-refractivity contribution in [2.45, 2.75) is 18.9 Å². The molecule has 122 valence electrons. The van der Waals surface area contributed by atoms with Gasteiger partial charge in [-0.05, 0) is 36.4 Å². The minimum Gasteiger partial charge on any atom is -0.326 e. The summed E-state index contributed by atoms with van der Waals surface area (Å²) in [5, 5.41) is 4.68. The smallest absolute Gasteiger partial charge is 0.264 e. The zero-order valence-corrected chi connectivity index (χ0v) is 13.7. The third-order valence-corrected chi connectivity index (χ3v) is 5.04. The Morgan fingerprint density at radius 2 is 2.12 bits per heavy atom. The van der Waals surface area contributed by atoms with Gasteiger partial charge in [-0.1, -0.05) is 18.2 Å². The average molecular weight is 340 g/mol. The quantitative estimate of drug-likeness (QED) is 0.769. The lowest BCUT2D eigenvalue weighted by Gasteiger charge is -2.22. The number of nitrogens with one attached hydrogen (secondary N) is 2. The first kappa shape index (κ1) is 14.9. The molecule has 2 amide bonds. The van der Waals surface area contributed by atoms with Crippen LogP contribution in [0, 0.1) is 0 Å². The first-order chi connectivity index (χ1) is 11.7. The SMILES string of the molecule is O=C(Nc1nc2ccccc2[nH]1)C1CCCN1C(=O)c1cccs1. The number of hydrogen-bond acceptors (Lipinski definition) is 4. The van der Waals surface area contributed by atoms with Crippen LogP contribution in [0.1, 0.15) is 22.5 Å². The molecule has 0 spiro atoms. The first-order valence-electron chi connectivity index (χ1n) is 7.82. The highest BCUT2D eigenvalue weighted by atomic mass is 32.1. The summed E-state index contributed by atoms with van der Waals surface area (Å²) in [6.45, 7) is 0.606. The number of rotatable bonds is 3. The number of likely N-dealkylation sites (tertiary alicyclic amines) is 1. The molecule has 1 aliphatic heterocycles. The van der Waals surface area contributed by atoms with Crippen LogP contribution in [0.3, 0.4) is 0 Å². The number of H-pyrrole nitrogens is 1. The molecular formula is C17H16N4O2S. The standard InChI is InChI=1S/C17H16N4O2S/c22-15(20-17-18-11-5-1-2-6-12(11)19-17)13-7-3-9-21(13)16(23)14-8-4-10-24-14/h1-2,4-6,8,10,13H,3,7,9H2,(H2,18,19,20,22). The highest BCUT2D eigenvalue weighted by molar-refractivity contribution is 7.12. The largest absolute Gasteiger partial charge is 0.326 e. The number of anilines is 1. The first-order valence-corrected chi connectivity index (χ1v) is 8.70. The van der Waals surface area contributed by atoms with E-state index >= 15 is 0 Å². The molecule has 6 nitrogen and oxygen atoms in total. The maximum atomic E-state index is 12.6. The highest BCUT2D eigenvalue weighted by Gasteiger charge is 2.35. The molecule has 1 aliphatic rings. The molecule has 0 radical (unpaired) electrons. The Morgan fingerprint density at radius 1 is 1.25 bits per heavy atom. The molecule has 0 saturated carbocycles. The summed E-state index contributed by atoms with van der Waals surface area (Å²) in [5.74, 6) is 0.139. The third kappa shape index (κ3) is 2.67. The second-order valence-electron chi connectivity index (χ2n) is 5.73.